The monoisotopic (exact) mass is 392 g/mol. The average molecular weight is 392 g/mol. The van der Waals surface area contributed by atoms with Gasteiger partial charge in [0.2, 0.25) is 6.17 Å². The number of alkyl halides is 6. The highest BCUT2D eigenvalue weighted by atomic mass is 19.2. The van der Waals surface area contributed by atoms with E-state index < -0.39 is 36.8 Å². The third-order valence-electron chi connectivity index (χ3n) is 4.33. The summed E-state index contributed by atoms with van der Waals surface area (Å²) in [6, 6.07) is 0. The number of carboxylic acids is 1. The fourth-order valence-corrected chi connectivity index (χ4v) is 2.68. The van der Waals surface area contributed by atoms with E-state index in [0.29, 0.717) is 19.3 Å². The molecule has 0 aromatic carbocycles. The van der Waals surface area contributed by atoms with Crippen LogP contribution in [0.4, 0.5) is 26.3 Å². The van der Waals surface area contributed by atoms with E-state index in [1.165, 1.54) is 0 Å². The summed E-state index contributed by atoms with van der Waals surface area (Å²) in [6.45, 7) is -0.279. The normalized spacial score (nSPS) is 17.5. The number of aliphatic carboxylic acids is 1. The first-order valence-electron chi connectivity index (χ1n) is 9.32. The fourth-order valence-electron chi connectivity index (χ4n) is 2.68. The molecule has 0 aliphatic rings. The molecule has 0 aliphatic carbocycles. The number of carboxylic acid groups (broad SMARTS) is 1. The van der Waals surface area contributed by atoms with E-state index in [1.54, 1.807) is 0 Å². The highest BCUT2D eigenvalue weighted by molar-refractivity contribution is 5.73. The SMILES string of the molecule is O=C(O)C(F)C(F)C(F)C(F)C(F)CCCCCCCCCCCCF. The molecule has 5 unspecified atom stereocenters. The summed E-state index contributed by atoms with van der Waals surface area (Å²) in [5, 5.41) is 8.22. The highest BCUT2D eigenvalue weighted by Gasteiger charge is 2.42. The Morgan fingerprint density at radius 3 is 1.50 bits per heavy atom. The van der Waals surface area contributed by atoms with Crippen LogP contribution in [0.3, 0.4) is 0 Å². The van der Waals surface area contributed by atoms with E-state index in [2.05, 4.69) is 0 Å². The van der Waals surface area contributed by atoms with Gasteiger partial charge in [0.05, 0.1) is 6.67 Å². The lowest BCUT2D eigenvalue weighted by Crippen LogP contribution is -2.42. The van der Waals surface area contributed by atoms with E-state index in [4.69, 9.17) is 5.11 Å². The van der Waals surface area contributed by atoms with Crippen LogP contribution in [0.5, 0.6) is 0 Å². The molecule has 0 radical (unpaired) electrons. The summed E-state index contributed by atoms with van der Waals surface area (Å²) in [6.07, 6.45) is -6.84. The Labute approximate surface area is 151 Å². The third kappa shape index (κ3) is 10.9. The van der Waals surface area contributed by atoms with E-state index in [0.717, 1.165) is 44.9 Å². The van der Waals surface area contributed by atoms with Crippen molar-refractivity contribution >= 4 is 5.97 Å². The highest BCUT2D eigenvalue weighted by Crippen LogP contribution is 2.24. The van der Waals surface area contributed by atoms with Gasteiger partial charge in [0, 0.05) is 0 Å². The van der Waals surface area contributed by atoms with Crippen LogP contribution in [0.2, 0.25) is 0 Å². The van der Waals surface area contributed by atoms with Crippen LogP contribution in [-0.2, 0) is 4.79 Å². The lowest BCUT2D eigenvalue weighted by molar-refractivity contribution is -0.147. The van der Waals surface area contributed by atoms with Crippen LogP contribution in [0.25, 0.3) is 0 Å². The molecule has 0 fully saturated rings. The zero-order chi connectivity index (χ0) is 19.9. The summed E-state index contributed by atoms with van der Waals surface area (Å²) in [7, 11) is 0. The topological polar surface area (TPSA) is 37.3 Å². The zero-order valence-corrected chi connectivity index (χ0v) is 15.0. The fraction of sp³-hybridized carbons (Fsp3) is 0.944. The van der Waals surface area contributed by atoms with Crippen molar-refractivity contribution in [2.45, 2.75) is 101 Å². The van der Waals surface area contributed by atoms with Gasteiger partial charge >= 0.3 is 5.97 Å². The molecule has 0 spiro atoms. The Kier molecular flexibility index (Phi) is 14.6. The van der Waals surface area contributed by atoms with E-state index in [9.17, 15) is 31.1 Å². The maximum absolute atomic E-state index is 13.6. The summed E-state index contributed by atoms with van der Waals surface area (Å²) in [4.78, 5) is 10.2. The van der Waals surface area contributed by atoms with Gasteiger partial charge in [-0.25, -0.2) is 26.7 Å². The molecule has 8 heteroatoms. The molecule has 5 atom stereocenters. The van der Waals surface area contributed by atoms with Gasteiger partial charge in [-0.2, -0.15) is 0 Å². The molecule has 0 amide bonds. The Bertz CT molecular complexity index is 359. The first-order valence-corrected chi connectivity index (χ1v) is 9.32. The van der Waals surface area contributed by atoms with Gasteiger partial charge in [-0.15, -0.1) is 0 Å². The van der Waals surface area contributed by atoms with Gasteiger partial charge < -0.3 is 5.11 Å². The molecular weight excluding hydrogens is 362 g/mol. The minimum absolute atomic E-state index is 0.279. The van der Waals surface area contributed by atoms with Crippen molar-refractivity contribution in [2.24, 2.45) is 0 Å². The van der Waals surface area contributed by atoms with E-state index in [1.807, 2.05) is 0 Å². The van der Waals surface area contributed by atoms with Gasteiger partial charge in [-0.1, -0.05) is 57.8 Å². The number of unbranched alkanes of at least 4 members (excludes halogenated alkanes) is 9. The van der Waals surface area contributed by atoms with Crippen LogP contribution >= 0.6 is 0 Å². The van der Waals surface area contributed by atoms with Crippen LogP contribution < -0.4 is 0 Å². The molecule has 26 heavy (non-hydrogen) atoms. The molecule has 0 saturated heterocycles. The molecule has 2 nitrogen and oxygen atoms in total. The van der Waals surface area contributed by atoms with Crippen molar-refractivity contribution in [3.8, 4) is 0 Å². The van der Waals surface area contributed by atoms with Crippen molar-refractivity contribution in [1.82, 2.24) is 0 Å². The molecule has 0 heterocycles. The molecule has 0 bridgehead atoms. The molecule has 0 saturated carbocycles. The van der Waals surface area contributed by atoms with Gasteiger partial charge in [-0.05, 0) is 12.8 Å². The second-order valence-electron chi connectivity index (χ2n) is 6.60. The molecule has 156 valence electrons. The van der Waals surface area contributed by atoms with E-state index in [-0.39, 0.29) is 13.1 Å². The van der Waals surface area contributed by atoms with Crippen LogP contribution in [-0.4, -0.2) is 48.6 Å². The minimum atomic E-state index is -3.23. The van der Waals surface area contributed by atoms with Crippen LogP contribution in [0.15, 0.2) is 0 Å². The first kappa shape index (κ1) is 25.1. The van der Waals surface area contributed by atoms with Gasteiger partial charge in [-0.3, -0.25) is 4.39 Å². The third-order valence-corrected chi connectivity index (χ3v) is 4.33. The average Bonchev–Trinajstić information content (AvgIpc) is 2.63. The predicted octanol–water partition coefficient (Wildman–Crippen LogP) is 6.02. The Hall–Kier alpha value is -0.950. The largest absolute Gasteiger partial charge is 0.479 e. The molecule has 0 aromatic rings. The lowest BCUT2D eigenvalue weighted by atomic mass is 9.99. The van der Waals surface area contributed by atoms with Crippen LogP contribution in [0, 0.1) is 0 Å². The minimum Gasteiger partial charge on any atom is -0.479 e. The maximum Gasteiger partial charge on any atom is 0.341 e. The first-order chi connectivity index (χ1) is 12.3. The Morgan fingerprint density at radius 2 is 1.08 bits per heavy atom. The van der Waals surface area contributed by atoms with Gasteiger partial charge in [0.25, 0.3) is 0 Å². The molecule has 0 aliphatic heterocycles. The van der Waals surface area contributed by atoms with Crippen LogP contribution in [0.1, 0.15) is 70.6 Å². The number of rotatable bonds is 17. The number of hydrogen-bond donors (Lipinski definition) is 1. The summed E-state index contributed by atoms with van der Waals surface area (Å²) >= 11 is 0. The second kappa shape index (κ2) is 15.1. The molecular formula is C18H30F6O2. The lowest BCUT2D eigenvalue weighted by Gasteiger charge is -2.21. The zero-order valence-electron chi connectivity index (χ0n) is 15.0. The van der Waals surface area contributed by atoms with E-state index >= 15 is 0 Å². The van der Waals surface area contributed by atoms with Gasteiger partial charge in [0.15, 0.2) is 18.5 Å². The summed E-state index contributed by atoms with van der Waals surface area (Å²) in [5.41, 5.74) is 0. The van der Waals surface area contributed by atoms with Crippen molar-refractivity contribution in [1.29, 1.82) is 0 Å². The van der Waals surface area contributed by atoms with Crippen molar-refractivity contribution in [3.63, 3.8) is 0 Å². The standard InChI is InChI=1S/C18H30F6O2/c19-12-10-8-6-4-2-1-3-5-7-9-11-13(20)14(21)15(22)16(23)17(24)18(25)26/h13-17H,1-12H2,(H,25,26). The van der Waals surface area contributed by atoms with Gasteiger partial charge in [0.1, 0.15) is 6.17 Å². The van der Waals surface area contributed by atoms with Crippen molar-refractivity contribution < 1.29 is 36.2 Å². The van der Waals surface area contributed by atoms with Crippen molar-refractivity contribution in [3.05, 3.63) is 0 Å². The number of hydrogen-bond acceptors (Lipinski definition) is 1. The quantitative estimate of drug-likeness (QED) is 0.243. The molecule has 0 rings (SSSR count). The summed E-state index contributed by atoms with van der Waals surface area (Å²) < 4.78 is 78.3. The number of halogens is 6. The Morgan fingerprint density at radius 1 is 0.654 bits per heavy atom. The molecule has 1 N–H and O–H groups in total. The Balaban J connectivity index is 3.75. The molecule has 0 aromatic heterocycles. The maximum atomic E-state index is 13.6. The smallest absolute Gasteiger partial charge is 0.341 e. The predicted molar refractivity (Wildman–Crippen MR) is 88.9 cm³/mol. The number of carbonyl (C=O) groups is 1. The summed E-state index contributed by atoms with van der Waals surface area (Å²) in [5.74, 6) is -2.25. The second-order valence-corrected chi connectivity index (χ2v) is 6.60. The van der Waals surface area contributed by atoms with Crippen molar-refractivity contribution in [2.75, 3.05) is 6.67 Å².